The van der Waals surface area contributed by atoms with E-state index in [9.17, 15) is 18.3 Å². The summed E-state index contributed by atoms with van der Waals surface area (Å²) in [6.07, 6.45) is -0.535. The van der Waals surface area contributed by atoms with Crippen LogP contribution < -0.4 is 0 Å². The van der Waals surface area contributed by atoms with Crippen LogP contribution in [0.3, 0.4) is 0 Å². The van der Waals surface area contributed by atoms with Crippen molar-refractivity contribution in [1.29, 1.82) is 0 Å². The molecule has 1 N–H and O–H groups in total. The van der Waals surface area contributed by atoms with Gasteiger partial charge in [0.05, 0.1) is 6.20 Å². The molecule has 0 unspecified atom stereocenters. The molecule has 7 heteroatoms. The van der Waals surface area contributed by atoms with Crippen LogP contribution in [0.1, 0.15) is 37.4 Å². The number of hydrogen-bond donors (Lipinski definition) is 1. The SMILES string of the molecule is CCC1(CO)CCN(Cc2cnn(C)c2C(F)(F)F)CC1. The minimum Gasteiger partial charge on any atom is -0.396 e. The molecule has 2 rings (SSSR count). The van der Waals surface area contributed by atoms with Gasteiger partial charge < -0.3 is 5.11 Å². The number of likely N-dealkylation sites (tertiary alicyclic amines) is 1. The quantitative estimate of drug-likeness (QED) is 0.929. The normalized spacial score (nSPS) is 19.9. The molecule has 0 saturated carbocycles. The third-order valence-corrected chi connectivity index (χ3v) is 4.68. The van der Waals surface area contributed by atoms with E-state index in [1.54, 1.807) is 0 Å². The van der Waals surface area contributed by atoms with Crippen LogP contribution in [0.15, 0.2) is 6.20 Å². The summed E-state index contributed by atoms with van der Waals surface area (Å²) >= 11 is 0. The number of aryl methyl sites for hydroxylation is 1. The first-order valence-corrected chi connectivity index (χ1v) is 7.22. The Morgan fingerprint density at radius 1 is 1.33 bits per heavy atom. The zero-order valence-electron chi connectivity index (χ0n) is 12.4. The molecule has 4 nitrogen and oxygen atoms in total. The van der Waals surface area contributed by atoms with Crippen LogP contribution in [0, 0.1) is 5.41 Å². The zero-order valence-corrected chi connectivity index (χ0v) is 12.4. The van der Waals surface area contributed by atoms with Gasteiger partial charge in [-0.15, -0.1) is 0 Å². The number of alkyl halides is 3. The van der Waals surface area contributed by atoms with E-state index in [0.717, 1.165) is 23.9 Å². The van der Waals surface area contributed by atoms with E-state index in [0.29, 0.717) is 13.1 Å². The maximum absolute atomic E-state index is 13.0. The van der Waals surface area contributed by atoms with Crippen molar-refractivity contribution in [3.8, 4) is 0 Å². The molecule has 0 bridgehead atoms. The van der Waals surface area contributed by atoms with Gasteiger partial charge in [-0.3, -0.25) is 9.58 Å². The summed E-state index contributed by atoms with van der Waals surface area (Å²) in [5.41, 5.74) is -0.506. The Kier molecular flexibility index (Phi) is 4.63. The average Bonchev–Trinajstić information content (AvgIpc) is 2.81. The molecule has 1 aromatic heterocycles. The highest BCUT2D eigenvalue weighted by molar-refractivity contribution is 5.20. The lowest BCUT2D eigenvalue weighted by atomic mass is 9.77. The van der Waals surface area contributed by atoms with E-state index in [4.69, 9.17) is 0 Å². The molecule has 1 aromatic rings. The molecule has 0 aliphatic carbocycles. The van der Waals surface area contributed by atoms with Crippen molar-refractivity contribution in [2.75, 3.05) is 19.7 Å². The summed E-state index contributed by atoms with van der Waals surface area (Å²) in [5, 5.41) is 13.2. The van der Waals surface area contributed by atoms with Crippen molar-refractivity contribution < 1.29 is 18.3 Å². The maximum Gasteiger partial charge on any atom is 0.433 e. The molecule has 1 saturated heterocycles. The van der Waals surface area contributed by atoms with Crippen molar-refractivity contribution in [3.63, 3.8) is 0 Å². The summed E-state index contributed by atoms with van der Waals surface area (Å²) in [5.74, 6) is 0. The fourth-order valence-electron chi connectivity index (χ4n) is 3.01. The van der Waals surface area contributed by atoms with Gasteiger partial charge in [0, 0.05) is 25.8 Å². The van der Waals surface area contributed by atoms with Crippen LogP contribution >= 0.6 is 0 Å². The minimum atomic E-state index is -4.38. The molecule has 2 heterocycles. The summed E-state index contributed by atoms with van der Waals surface area (Å²) in [4.78, 5) is 2.01. The second-order valence-electron chi connectivity index (χ2n) is 5.93. The Labute approximate surface area is 122 Å². The van der Waals surface area contributed by atoms with Crippen LogP contribution in [-0.2, 0) is 19.8 Å². The molecule has 1 aliphatic heterocycles. The van der Waals surface area contributed by atoms with E-state index in [1.165, 1.54) is 13.2 Å². The first-order valence-electron chi connectivity index (χ1n) is 7.22. The number of halogens is 3. The van der Waals surface area contributed by atoms with Gasteiger partial charge in [-0.05, 0) is 37.8 Å². The average molecular weight is 305 g/mol. The van der Waals surface area contributed by atoms with E-state index < -0.39 is 11.9 Å². The molecule has 0 radical (unpaired) electrons. The molecule has 0 spiro atoms. The predicted octanol–water partition coefficient (Wildman–Crippen LogP) is 2.42. The zero-order chi connectivity index (χ0) is 15.7. The van der Waals surface area contributed by atoms with Gasteiger partial charge in [0.15, 0.2) is 0 Å². The predicted molar refractivity (Wildman–Crippen MR) is 72.5 cm³/mol. The Bertz CT molecular complexity index is 470. The number of piperidine rings is 1. The molecule has 21 heavy (non-hydrogen) atoms. The third kappa shape index (κ3) is 3.40. The highest BCUT2D eigenvalue weighted by atomic mass is 19.4. The van der Waals surface area contributed by atoms with Crippen LogP contribution in [-0.4, -0.2) is 39.5 Å². The summed E-state index contributed by atoms with van der Waals surface area (Å²) in [6, 6.07) is 0. The molecular formula is C14H22F3N3O. The number of aromatic nitrogens is 2. The van der Waals surface area contributed by atoms with E-state index >= 15 is 0 Å². The van der Waals surface area contributed by atoms with Crippen LogP contribution in [0.5, 0.6) is 0 Å². The lowest BCUT2D eigenvalue weighted by molar-refractivity contribution is -0.144. The fourth-order valence-corrected chi connectivity index (χ4v) is 3.01. The molecule has 120 valence electrons. The summed E-state index contributed by atoms with van der Waals surface area (Å²) < 4.78 is 39.9. The van der Waals surface area contributed by atoms with Gasteiger partial charge in [0.1, 0.15) is 5.69 Å². The van der Waals surface area contributed by atoms with Gasteiger partial charge in [0.25, 0.3) is 0 Å². The second-order valence-corrected chi connectivity index (χ2v) is 5.93. The van der Waals surface area contributed by atoms with Gasteiger partial charge in [-0.1, -0.05) is 6.92 Å². The lowest BCUT2D eigenvalue weighted by Gasteiger charge is -2.40. The van der Waals surface area contributed by atoms with Crippen molar-refractivity contribution in [1.82, 2.24) is 14.7 Å². The molecule has 1 fully saturated rings. The first-order chi connectivity index (χ1) is 9.81. The van der Waals surface area contributed by atoms with Crippen molar-refractivity contribution in [2.24, 2.45) is 12.5 Å². The molecule has 1 aliphatic rings. The maximum atomic E-state index is 13.0. The topological polar surface area (TPSA) is 41.3 Å². The summed E-state index contributed by atoms with van der Waals surface area (Å²) in [6.45, 7) is 3.88. The molecule has 0 aromatic carbocycles. The fraction of sp³-hybridized carbons (Fsp3) is 0.786. The number of rotatable bonds is 4. The molecule has 0 amide bonds. The first kappa shape index (κ1) is 16.3. The van der Waals surface area contributed by atoms with Crippen molar-refractivity contribution >= 4 is 0 Å². The van der Waals surface area contributed by atoms with Gasteiger partial charge >= 0.3 is 6.18 Å². The smallest absolute Gasteiger partial charge is 0.396 e. The van der Waals surface area contributed by atoms with E-state index in [1.807, 2.05) is 4.90 Å². The van der Waals surface area contributed by atoms with Crippen LogP contribution in [0.2, 0.25) is 0 Å². The highest BCUT2D eigenvalue weighted by Gasteiger charge is 2.38. The number of aliphatic hydroxyl groups excluding tert-OH is 1. The second kappa shape index (κ2) is 5.96. The van der Waals surface area contributed by atoms with Gasteiger partial charge in [-0.25, -0.2) is 0 Å². The van der Waals surface area contributed by atoms with E-state index in [-0.39, 0.29) is 24.1 Å². The Balaban J connectivity index is 2.05. The molecular weight excluding hydrogens is 283 g/mol. The van der Waals surface area contributed by atoms with Gasteiger partial charge in [0.2, 0.25) is 0 Å². The van der Waals surface area contributed by atoms with Crippen molar-refractivity contribution in [2.45, 2.75) is 38.9 Å². The lowest BCUT2D eigenvalue weighted by Crippen LogP contribution is -2.41. The Morgan fingerprint density at radius 2 is 1.95 bits per heavy atom. The number of nitrogens with zero attached hydrogens (tertiary/aromatic N) is 3. The van der Waals surface area contributed by atoms with Crippen LogP contribution in [0.4, 0.5) is 13.2 Å². The van der Waals surface area contributed by atoms with E-state index in [2.05, 4.69) is 12.0 Å². The number of hydrogen-bond acceptors (Lipinski definition) is 3. The monoisotopic (exact) mass is 305 g/mol. The largest absolute Gasteiger partial charge is 0.433 e. The minimum absolute atomic E-state index is 0.0572. The Hall–Kier alpha value is -1.08. The standard InChI is InChI=1S/C14H22F3N3O/c1-3-13(10-21)4-6-20(7-5-13)9-11-8-18-19(2)12(11)14(15,16)17/h8,21H,3-7,9-10H2,1-2H3. The molecule has 0 atom stereocenters. The highest BCUT2D eigenvalue weighted by Crippen LogP contribution is 2.36. The van der Waals surface area contributed by atoms with Gasteiger partial charge in [-0.2, -0.15) is 18.3 Å². The Morgan fingerprint density at radius 3 is 2.43 bits per heavy atom. The third-order valence-electron chi connectivity index (χ3n) is 4.68. The number of aliphatic hydroxyl groups is 1. The van der Waals surface area contributed by atoms with Crippen molar-refractivity contribution in [3.05, 3.63) is 17.5 Å². The van der Waals surface area contributed by atoms with Crippen LogP contribution in [0.25, 0.3) is 0 Å². The summed E-state index contributed by atoms with van der Waals surface area (Å²) in [7, 11) is 1.32.